The van der Waals surface area contributed by atoms with Gasteiger partial charge in [-0.05, 0) is 43.3 Å². The molecule has 0 saturated heterocycles. The van der Waals surface area contributed by atoms with Crippen LogP contribution < -0.4 is 4.74 Å². The lowest BCUT2D eigenvalue weighted by molar-refractivity contribution is -0.384. The van der Waals surface area contributed by atoms with Gasteiger partial charge in [0.05, 0.1) is 34.9 Å². The lowest BCUT2D eigenvalue weighted by Crippen LogP contribution is -2.36. The smallest absolute Gasteiger partial charge is 0.359 e. The first-order valence-electron chi connectivity index (χ1n) is 10.4. The summed E-state index contributed by atoms with van der Waals surface area (Å²) in [5.41, 5.74) is 1.72. The molecule has 1 aliphatic heterocycles. The van der Waals surface area contributed by atoms with Gasteiger partial charge in [-0.3, -0.25) is 10.1 Å². The molecule has 1 aromatic heterocycles. The molecular weight excluding hydrogens is 464 g/mol. The number of nitrogens with zero attached hydrogens (tertiary/aromatic N) is 4. The number of aromatic nitrogens is 2. The monoisotopic (exact) mass is 486 g/mol. The summed E-state index contributed by atoms with van der Waals surface area (Å²) in [5, 5.41) is 15.4. The molecule has 3 aromatic rings. The number of nitro benzene ring substituents is 1. The van der Waals surface area contributed by atoms with E-state index in [1.807, 2.05) is 0 Å². The van der Waals surface area contributed by atoms with Gasteiger partial charge in [-0.25, -0.2) is 17.9 Å². The number of esters is 1. The quantitative estimate of drug-likeness (QED) is 0.283. The average Bonchev–Trinajstić information content (AvgIpc) is 3.23. The number of rotatable bonds is 7. The van der Waals surface area contributed by atoms with Gasteiger partial charge in [0.2, 0.25) is 10.0 Å². The third-order valence-electron chi connectivity index (χ3n) is 5.49. The van der Waals surface area contributed by atoms with Crippen LogP contribution in [-0.2, 0) is 27.7 Å². The van der Waals surface area contributed by atoms with Crippen LogP contribution in [0, 0.1) is 10.1 Å². The summed E-state index contributed by atoms with van der Waals surface area (Å²) < 4.78 is 39.7. The van der Waals surface area contributed by atoms with Gasteiger partial charge in [-0.2, -0.15) is 9.40 Å². The number of benzene rings is 2. The molecule has 2 aromatic carbocycles. The third kappa shape index (κ3) is 4.24. The van der Waals surface area contributed by atoms with E-state index in [1.165, 1.54) is 16.4 Å². The topological polar surface area (TPSA) is 134 Å². The Morgan fingerprint density at radius 1 is 1.15 bits per heavy atom. The molecular formula is C22H22N4O7S. The van der Waals surface area contributed by atoms with Gasteiger partial charge in [-0.1, -0.05) is 0 Å². The number of methoxy groups -OCH3 is 1. The summed E-state index contributed by atoms with van der Waals surface area (Å²) in [6.07, 6.45) is 0.306. The minimum absolute atomic E-state index is 0.0521. The van der Waals surface area contributed by atoms with Gasteiger partial charge in [0.15, 0.2) is 5.69 Å². The highest BCUT2D eigenvalue weighted by Gasteiger charge is 2.35. The van der Waals surface area contributed by atoms with E-state index in [2.05, 4.69) is 5.10 Å². The zero-order chi connectivity index (χ0) is 24.5. The van der Waals surface area contributed by atoms with Crippen LogP contribution in [0.15, 0.2) is 53.4 Å². The summed E-state index contributed by atoms with van der Waals surface area (Å²) in [6, 6.07) is 11.8. The molecule has 0 bridgehead atoms. The normalized spacial score (nSPS) is 13.8. The molecule has 0 N–H and O–H groups in total. The second kappa shape index (κ2) is 9.23. The van der Waals surface area contributed by atoms with Crippen LogP contribution in [0.25, 0.3) is 5.69 Å². The molecule has 0 fully saturated rings. The Kier molecular flexibility index (Phi) is 6.35. The first-order chi connectivity index (χ1) is 16.3. The van der Waals surface area contributed by atoms with E-state index in [4.69, 9.17) is 9.47 Å². The van der Waals surface area contributed by atoms with E-state index < -0.39 is 20.9 Å². The van der Waals surface area contributed by atoms with Gasteiger partial charge in [-0.15, -0.1) is 0 Å². The van der Waals surface area contributed by atoms with Crippen LogP contribution in [0.1, 0.15) is 28.7 Å². The number of carbonyl (C=O) groups excluding carboxylic acids is 1. The fraction of sp³-hybridized carbons (Fsp3) is 0.273. The molecule has 0 amide bonds. The van der Waals surface area contributed by atoms with E-state index in [1.54, 1.807) is 43.0 Å². The van der Waals surface area contributed by atoms with Crippen molar-refractivity contribution >= 4 is 21.7 Å². The Balaban J connectivity index is 1.72. The zero-order valence-electron chi connectivity index (χ0n) is 18.5. The fourth-order valence-corrected chi connectivity index (χ4v) is 5.20. The molecule has 12 heteroatoms. The molecule has 1 aliphatic rings. The van der Waals surface area contributed by atoms with Crippen molar-refractivity contribution in [3.05, 3.63) is 75.6 Å². The summed E-state index contributed by atoms with van der Waals surface area (Å²) in [5.74, 6) is 0.0244. The lowest BCUT2D eigenvalue weighted by Gasteiger charge is -2.27. The minimum atomic E-state index is -3.96. The highest BCUT2D eigenvalue weighted by molar-refractivity contribution is 7.89. The van der Waals surface area contributed by atoms with Gasteiger partial charge < -0.3 is 9.47 Å². The Labute approximate surface area is 195 Å². The summed E-state index contributed by atoms with van der Waals surface area (Å²) in [6.45, 7) is 1.89. The maximum Gasteiger partial charge on any atom is 0.359 e. The van der Waals surface area contributed by atoms with Crippen molar-refractivity contribution in [3.63, 3.8) is 0 Å². The van der Waals surface area contributed by atoms with Crippen LogP contribution in [0.2, 0.25) is 0 Å². The number of carbonyl (C=O) groups is 1. The summed E-state index contributed by atoms with van der Waals surface area (Å²) in [7, 11) is -2.40. The average molecular weight is 487 g/mol. The molecule has 0 radical (unpaired) electrons. The van der Waals surface area contributed by atoms with Crippen LogP contribution >= 0.6 is 0 Å². The lowest BCUT2D eigenvalue weighted by atomic mass is 10.1. The first kappa shape index (κ1) is 23.4. The number of ether oxygens (including phenoxy) is 2. The van der Waals surface area contributed by atoms with E-state index in [9.17, 15) is 23.3 Å². The number of nitro groups is 1. The number of fused-ring (bicyclic) bond motifs is 1. The Morgan fingerprint density at radius 3 is 2.41 bits per heavy atom. The number of hydrogen-bond acceptors (Lipinski definition) is 8. The van der Waals surface area contributed by atoms with E-state index in [0.29, 0.717) is 29.1 Å². The highest BCUT2D eigenvalue weighted by Crippen LogP contribution is 2.30. The standard InChI is InChI=1S/C22H22N4O7S/c1-3-33-22(27)21-19-14-24(34(30,31)18-10-6-16(7-11-18)26(28)29)13-12-20(19)25(23-21)15-4-8-17(32-2)9-5-15/h4-11H,3,12-14H2,1-2H3. The van der Waals surface area contributed by atoms with Gasteiger partial charge in [0.1, 0.15) is 5.75 Å². The molecule has 0 saturated carbocycles. The van der Waals surface area contributed by atoms with Crippen molar-refractivity contribution in [2.24, 2.45) is 0 Å². The van der Waals surface area contributed by atoms with Crippen molar-refractivity contribution in [2.75, 3.05) is 20.3 Å². The molecule has 0 unspecified atom stereocenters. The Bertz CT molecular complexity index is 1330. The highest BCUT2D eigenvalue weighted by atomic mass is 32.2. The van der Waals surface area contributed by atoms with Gasteiger partial charge in [0, 0.05) is 37.2 Å². The van der Waals surface area contributed by atoms with Crippen LogP contribution in [-0.4, -0.2) is 53.7 Å². The van der Waals surface area contributed by atoms with E-state index in [-0.39, 0.29) is 36.0 Å². The molecule has 178 valence electrons. The maximum absolute atomic E-state index is 13.2. The van der Waals surface area contributed by atoms with Crippen LogP contribution in [0.3, 0.4) is 0 Å². The predicted molar refractivity (Wildman–Crippen MR) is 120 cm³/mol. The number of non-ortho nitro benzene ring substituents is 1. The van der Waals surface area contributed by atoms with E-state index >= 15 is 0 Å². The molecule has 2 heterocycles. The molecule has 0 atom stereocenters. The van der Waals surface area contributed by atoms with Crippen molar-refractivity contribution < 1.29 is 27.6 Å². The van der Waals surface area contributed by atoms with E-state index in [0.717, 1.165) is 12.1 Å². The minimum Gasteiger partial charge on any atom is -0.497 e. The maximum atomic E-state index is 13.2. The van der Waals surface area contributed by atoms with Crippen molar-refractivity contribution in [1.29, 1.82) is 0 Å². The van der Waals surface area contributed by atoms with Gasteiger partial charge in [0.25, 0.3) is 5.69 Å². The molecule has 34 heavy (non-hydrogen) atoms. The molecule has 11 nitrogen and oxygen atoms in total. The van der Waals surface area contributed by atoms with Crippen LogP contribution in [0.4, 0.5) is 5.69 Å². The van der Waals surface area contributed by atoms with Crippen molar-refractivity contribution in [2.45, 2.75) is 24.8 Å². The largest absolute Gasteiger partial charge is 0.497 e. The summed E-state index contributed by atoms with van der Waals surface area (Å²) >= 11 is 0. The second-order valence-corrected chi connectivity index (χ2v) is 9.38. The van der Waals surface area contributed by atoms with Crippen molar-refractivity contribution in [3.8, 4) is 11.4 Å². The Hall–Kier alpha value is -3.77. The number of sulfonamides is 1. The van der Waals surface area contributed by atoms with Crippen LogP contribution in [0.5, 0.6) is 5.75 Å². The molecule has 0 spiro atoms. The first-order valence-corrected chi connectivity index (χ1v) is 11.9. The third-order valence-corrected chi connectivity index (χ3v) is 7.35. The summed E-state index contributed by atoms with van der Waals surface area (Å²) in [4.78, 5) is 22.9. The Morgan fingerprint density at radius 2 is 1.82 bits per heavy atom. The number of hydrogen-bond donors (Lipinski definition) is 0. The molecule has 0 aliphatic carbocycles. The molecule has 4 rings (SSSR count). The zero-order valence-corrected chi connectivity index (χ0v) is 19.3. The SMILES string of the molecule is CCOC(=O)c1nn(-c2ccc(OC)cc2)c2c1CN(S(=O)(=O)c1ccc([N+](=O)[O-])cc1)CC2. The van der Waals surface area contributed by atoms with Crippen molar-refractivity contribution in [1.82, 2.24) is 14.1 Å². The fourth-order valence-electron chi connectivity index (χ4n) is 3.79. The predicted octanol–water partition coefficient (Wildman–Crippen LogP) is 2.71. The van der Waals surface area contributed by atoms with Gasteiger partial charge >= 0.3 is 5.97 Å². The second-order valence-electron chi connectivity index (χ2n) is 7.44.